The molecule has 1 heterocycles. The zero-order valence-corrected chi connectivity index (χ0v) is 25.8. The van der Waals surface area contributed by atoms with E-state index < -0.39 is 34.6 Å². The fraction of sp³-hybridized carbons (Fsp3) is 0.129. The quantitative estimate of drug-likeness (QED) is 0.107. The van der Waals surface area contributed by atoms with E-state index in [4.69, 9.17) is 5.11 Å². The number of aromatic nitrogens is 2. The largest absolute Gasteiger partial charge is 0.478 e. The smallest absolute Gasteiger partial charge is 0.446 e. The molecule has 1 aromatic heterocycles. The number of carbonyl (C=O) groups excluding carboxylic acids is 1. The molecule has 2 N–H and O–H groups in total. The molecule has 0 aliphatic carbocycles. The van der Waals surface area contributed by atoms with Crippen LogP contribution in [0.3, 0.4) is 0 Å². The van der Waals surface area contributed by atoms with Gasteiger partial charge in [0, 0.05) is 33.8 Å². The minimum atomic E-state index is -4.67. The summed E-state index contributed by atoms with van der Waals surface area (Å²) < 4.78 is 115. The number of aryl methyl sites for hydroxylation is 1. The lowest BCUT2D eigenvalue weighted by atomic mass is 10.1. The van der Waals surface area contributed by atoms with E-state index in [0.29, 0.717) is 16.8 Å². The number of thioether (sulfide) groups is 2. The van der Waals surface area contributed by atoms with Crippen molar-refractivity contribution >= 4 is 53.2 Å². The molecule has 0 aliphatic rings. The first-order chi connectivity index (χ1) is 22.3. The predicted molar refractivity (Wildman–Crippen MR) is 164 cm³/mol. The molecule has 254 valence electrons. The maximum absolute atomic E-state index is 13.5. The highest BCUT2D eigenvalue weighted by Gasteiger charge is 2.34. The molecule has 0 atom stereocenters. The molecule has 48 heavy (non-hydrogen) atoms. The highest BCUT2D eigenvalue weighted by molar-refractivity contribution is 8.00. The number of hydrogen-bond donors (Lipinski definition) is 2. The van der Waals surface area contributed by atoms with Crippen molar-refractivity contribution in [2.24, 2.45) is 0 Å². The number of aliphatic carboxylic acids is 1. The number of halogens is 9. The van der Waals surface area contributed by atoms with Crippen molar-refractivity contribution in [1.82, 2.24) is 9.55 Å². The van der Waals surface area contributed by atoms with Gasteiger partial charge in [-0.1, -0.05) is 24.3 Å². The number of alkyl halides is 9. The Morgan fingerprint density at radius 2 is 1.27 bits per heavy atom. The fourth-order valence-electron chi connectivity index (χ4n) is 3.70. The van der Waals surface area contributed by atoms with Crippen LogP contribution < -0.4 is 5.32 Å². The van der Waals surface area contributed by atoms with Crippen LogP contribution in [-0.4, -0.2) is 37.6 Å². The van der Waals surface area contributed by atoms with Gasteiger partial charge in [-0.25, -0.2) is 9.78 Å². The minimum Gasteiger partial charge on any atom is -0.478 e. The van der Waals surface area contributed by atoms with Crippen LogP contribution in [0.5, 0.6) is 0 Å². The normalized spacial score (nSPS) is 12.2. The van der Waals surface area contributed by atoms with Crippen molar-refractivity contribution in [3.63, 3.8) is 0 Å². The van der Waals surface area contributed by atoms with Crippen molar-refractivity contribution in [2.45, 2.75) is 33.9 Å². The Hall–Kier alpha value is -4.64. The number of carboxylic acid groups (broad SMARTS) is 1. The van der Waals surface area contributed by atoms with E-state index in [0.717, 1.165) is 18.2 Å². The molecule has 4 aromatic rings. The third-order valence-corrected chi connectivity index (χ3v) is 7.11. The third-order valence-electron chi connectivity index (χ3n) is 5.63. The van der Waals surface area contributed by atoms with Gasteiger partial charge >= 0.3 is 23.2 Å². The monoisotopic (exact) mass is 719 g/mol. The minimum absolute atomic E-state index is 0.00745. The van der Waals surface area contributed by atoms with Crippen molar-refractivity contribution in [2.75, 3.05) is 5.32 Å². The van der Waals surface area contributed by atoms with E-state index >= 15 is 0 Å². The Morgan fingerprint density at radius 3 is 1.69 bits per heavy atom. The number of nitrogens with zero attached hydrogens (tertiary/aromatic N) is 2. The third kappa shape index (κ3) is 13.2. The van der Waals surface area contributed by atoms with Crippen molar-refractivity contribution in [3.05, 3.63) is 114 Å². The molecule has 0 fully saturated rings. The standard InChI is InChI=1S/C21H15F6N3OS.C10H7F3O2S/c1-13-11-30(12-28-13)18-8-5-15(10-17(18)20(22,23)24)29-19(31)9-4-14-2-6-16(7-3-14)32-21(25,26)27;11-10(12,13)16-8-4-1-7(2-5-8)3-6-9(14)15/h2-12H,1H3,(H,29,31);1-6H,(H,14,15)/b9-4+;6-3+. The second-order valence-corrected chi connectivity index (χ2v) is 11.7. The summed E-state index contributed by atoms with van der Waals surface area (Å²) >= 11 is -0.468. The summed E-state index contributed by atoms with van der Waals surface area (Å²) in [5.41, 5.74) is -8.33. The predicted octanol–water partition coefficient (Wildman–Crippen LogP) is 9.86. The zero-order valence-electron chi connectivity index (χ0n) is 24.2. The maximum atomic E-state index is 13.5. The van der Waals surface area contributed by atoms with Crippen LogP contribution in [-0.2, 0) is 15.8 Å². The number of nitrogens with one attached hydrogen (secondary N) is 1. The molecule has 0 radical (unpaired) electrons. The zero-order chi connectivity index (χ0) is 35.7. The molecule has 3 aromatic carbocycles. The van der Waals surface area contributed by atoms with E-state index in [-0.39, 0.29) is 44.7 Å². The molecule has 0 bridgehead atoms. The highest BCUT2D eigenvalue weighted by atomic mass is 32.2. The first-order valence-corrected chi connectivity index (χ1v) is 14.7. The number of carboxylic acids is 1. The van der Waals surface area contributed by atoms with E-state index in [1.807, 2.05) is 0 Å². The van der Waals surface area contributed by atoms with Crippen molar-refractivity contribution in [3.8, 4) is 5.69 Å². The van der Waals surface area contributed by atoms with Crippen molar-refractivity contribution in [1.29, 1.82) is 0 Å². The first-order valence-electron chi connectivity index (χ1n) is 13.1. The molecule has 1 amide bonds. The summed E-state index contributed by atoms with van der Waals surface area (Å²) in [4.78, 5) is 26.3. The Kier molecular flexibility index (Phi) is 12.6. The second-order valence-electron chi connectivity index (χ2n) is 9.38. The van der Waals surface area contributed by atoms with Gasteiger partial charge in [-0.15, -0.1) is 0 Å². The van der Waals surface area contributed by atoms with Crippen LogP contribution in [0.25, 0.3) is 17.8 Å². The molecule has 0 unspecified atom stereocenters. The molecule has 0 spiro atoms. The number of amides is 1. The Bertz CT molecular complexity index is 1760. The van der Waals surface area contributed by atoms with Crippen LogP contribution in [0.1, 0.15) is 22.4 Å². The summed E-state index contributed by atoms with van der Waals surface area (Å²) in [6.07, 6.45) is 2.69. The lowest BCUT2D eigenvalue weighted by molar-refractivity contribution is -0.137. The summed E-state index contributed by atoms with van der Waals surface area (Å²) in [6, 6.07) is 14.1. The number of imidazole rings is 1. The van der Waals surface area contributed by atoms with Gasteiger partial charge in [0.25, 0.3) is 0 Å². The maximum Gasteiger partial charge on any atom is 0.446 e. The first kappa shape index (κ1) is 37.8. The van der Waals surface area contributed by atoms with Gasteiger partial charge in [0.2, 0.25) is 5.91 Å². The average molecular weight is 720 g/mol. The Labute approximate surface area is 275 Å². The number of carbonyl (C=O) groups is 2. The Balaban J connectivity index is 0.000000328. The number of rotatable bonds is 8. The van der Waals surface area contributed by atoms with E-state index in [9.17, 15) is 49.1 Å². The molecule has 0 saturated carbocycles. The molecule has 17 heteroatoms. The Morgan fingerprint density at radius 1 is 0.771 bits per heavy atom. The second kappa shape index (κ2) is 16.0. The van der Waals surface area contributed by atoms with Gasteiger partial charge in [-0.3, -0.25) is 4.79 Å². The summed E-state index contributed by atoms with van der Waals surface area (Å²) in [5, 5.41) is 10.7. The molecule has 0 saturated heterocycles. The summed E-state index contributed by atoms with van der Waals surface area (Å²) in [5.74, 6) is -1.80. The molecule has 0 aliphatic heterocycles. The van der Waals surface area contributed by atoms with Crippen LogP contribution in [0, 0.1) is 6.92 Å². The van der Waals surface area contributed by atoms with Crippen LogP contribution >= 0.6 is 23.5 Å². The van der Waals surface area contributed by atoms with Gasteiger partial charge in [-0.2, -0.15) is 39.5 Å². The van der Waals surface area contributed by atoms with Crippen LogP contribution in [0.2, 0.25) is 0 Å². The lowest BCUT2D eigenvalue weighted by Crippen LogP contribution is -2.13. The number of benzene rings is 3. The lowest BCUT2D eigenvalue weighted by Gasteiger charge is -2.15. The molecular formula is C31H22F9N3O3S2. The molecule has 6 nitrogen and oxygen atoms in total. The van der Waals surface area contributed by atoms with Gasteiger partial charge in [-0.05, 0) is 96.2 Å². The van der Waals surface area contributed by atoms with Gasteiger partial charge in [0.05, 0.1) is 23.3 Å². The van der Waals surface area contributed by atoms with E-state index in [1.165, 1.54) is 89.9 Å². The number of anilines is 1. The molecule has 4 rings (SSSR count). The van der Waals surface area contributed by atoms with Crippen LogP contribution in [0.4, 0.5) is 45.2 Å². The van der Waals surface area contributed by atoms with Gasteiger partial charge < -0.3 is 15.0 Å². The highest BCUT2D eigenvalue weighted by Crippen LogP contribution is 2.38. The summed E-state index contributed by atoms with van der Waals surface area (Å²) in [6.45, 7) is 1.65. The fourth-order valence-corrected chi connectivity index (χ4v) is 4.78. The summed E-state index contributed by atoms with van der Waals surface area (Å²) in [7, 11) is 0. The topological polar surface area (TPSA) is 84.2 Å². The molecular weight excluding hydrogens is 697 g/mol. The SMILES string of the molecule is Cc1cn(-c2ccc(NC(=O)/C=C/c3ccc(SC(F)(F)F)cc3)cc2C(F)(F)F)cn1.O=C(O)/C=C/c1ccc(SC(F)(F)F)cc1. The number of hydrogen-bond acceptors (Lipinski definition) is 5. The average Bonchev–Trinajstić information content (AvgIpc) is 3.40. The van der Waals surface area contributed by atoms with E-state index in [2.05, 4.69) is 10.3 Å². The van der Waals surface area contributed by atoms with E-state index in [1.54, 1.807) is 6.92 Å². The van der Waals surface area contributed by atoms with Crippen LogP contribution in [0.15, 0.2) is 101 Å². The van der Waals surface area contributed by atoms with Gasteiger partial charge in [0.1, 0.15) is 0 Å². The van der Waals surface area contributed by atoms with Crippen molar-refractivity contribution < 1.29 is 54.2 Å². The van der Waals surface area contributed by atoms with Gasteiger partial charge in [0.15, 0.2) is 0 Å².